The first-order valence-electron chi connectivity index (χ1n) is 5.88. The van der Waals surface area contributed by atoms with Crippen molar-refractivity contribution in [3.05, 3.63) is 27.2 Å². The van der Waals surface area contributed by atoms with Crippen molar-refractivity contribution in [2.75, 3.05) is 7.05 Å². The molecule has 0 aliphatic rings. The summed E-state index contributed by atoms with van der Waals surface area (Å²) in [4.78, 5) is 13.6. The maximum absolute atomic E-state index is 12.3. The van der Waals surface area contributed by atoms with Gasteiger partial charge in [-0.1, -0.05) is 18.5 Å². The van der Waals surface area contributed by atoms with Crippen LogP contribution < -0.4 is 5.14 Å². The summed E-state index contributed by atoms with van der Waals surface area (Å²) in [5.74, 6) is -0.307. The molecule has 1 aromatic carbocycles. The van der Waals surface area contributed by atoms with E-state index in [1.54, 1.807) is 7.05 Å². The summed E-state index contributed by atoms with van der Waals surface area (Å²) in [6.07, 6.45) is 0.786. The van der Waals surface area contributed by atoms with Gasteiger partial charge >= 0.3 is 0 Å². The second kappa shape index (κ2) is 6.43. The Morgan fingerprint density at radius 2 is 2.05 bits per heavy atom. The predicted octanol–water partition coefficient (Wildman–Crippen LogP) is 2.62. The molecule has 0 saturated heterocycles. The van der Waals surface area contributed by atoms with Gasteiger partial charge in [-0.2, -0.15) is 0 Å². The van der Waals surface area contributed by atoms with E-state index in [2.05, 4.69) is 15.9 Å². The van der Waals surface area contributed by atoms with E-state index in [-0.39, 0.29) is 31.9 Å². The van der Waals surface area contributed by atoms with Crippen LogP contribution >= 0.6 is 27.5 Å². The molecular formula is C12H16BrClN2O3S. The molecule has 2 N–H and O–H groups in total. The van der Waals surface area contributed by atoms with Crippen LogP contribution in [0.15, 0.2) is 21.5 Å². The highest BCUT2D eigenvalue weighted by Gasteiger charge is 2.22. The Bertz CT molecular complexity index is 634. The molecule has 0 aromatic heterocycles. The van der Waals surface area contributed by atoms with Crippen molar-refractivity contribution in [1.29, 1.82) is 0 Å². The van der Waals surface area contributed by atoms with Gasteiger partial charge in [-0.3, -0.25) is 4.79 Å². The number of primary sulfonamides is 1. The summed E-state index contributed by atoms with van der Waals surface area (Å²) in [5, 5.41) is 5.24. The van der Waals surface area contributed by atoms with Gasteiger partial charge in [-0.25, -0.2) is 13.6 Å². The van der Waals surface area contributed by atoms with Crippen LogP contribution in [-0.2, 0) is 10.0 Å². The number of nitrogens with two attached hydrogens (primary N) is 1. The topological polar surface area (TPSA) is 80.5 Å². The molecule has 0 spiro atoms. The Balaban J connectivity index is 3.35. The Morgan fingerprint density at radius 1 is 1.50 bits per heavy atom. The second-order valence-electron chi connectivity index (χ2n) is 4.49. The summed E-state index contributed by atoms with van der Waals surface area (Å²) in [7, 11) is -2.31. The molecule has 1 aromatic rings. The lowest BCUT2D eigenvalue weighted by atomic mass is 10.1. The van der Waals surface area contributed by atoms with E-state index < -0.39 is 10.0 Å². The average Bonchev–Trinajstić information content (AvgIpc) is 2.37. The quantitative estimate of drug-likeness (QED) is 0.868. The van der Waals surface area contributed by atoms with Gasteiger partial charge in [0.1, 0.15) is 0 Å². The summed E-state index contributed by atoms with van der Waals surface area (Å²) >= 11 is 9.01. The second-order valence-corrected chi connectivity index (χ2v) is 7.22. The lowest BCUT2D eigenvalue weighted by Gasteiger charge is -2.24. The van der Waals surface area contributed by atoms with Crippen molar-refractivity contribution >= 4 is 43.5 Å². The average molecular weight is 384 g/mol. The van der Waals surface area contributed by atoms with E-state index in [1.807, 2.05) is 13.8 Å². The van der Waals surface area contributed by atoms with Crippen LogP contribution in [0.25, 0.3) is 0 Å². The van der Waals surface area contributed by atoms with E-state index in [4.69, 9.17) is 16.7 Å². The van der Waals surface area contributed by atoms with Gasteiger partial charge in [-0.05, 0) is 41.4 Å². The van der Waals surface area contributed by atoms with E-state index in [0.717, 1.165) is 6.42 Å². The summed E-state index contributed by atoms with van der Waals surface area (Å²) in [6.45, 7) is 3.86. The number of carbonyl (C=O) groups is 1. The molecule has 0 bridgehead atoms. The highest BCUT2D eigenvalue weighted by molar-refractivity contribution is 9.10. The van der Waals surface area contributed by atoms with Crippen molar-refractivity contribution in [1.82, 2.24) is 4.90 Å². The highest BCUT2D eigenvalue weighted by atomic mass is 79.9. The molecule has 1 atom stereocenters. The minimum Gasteiger partial charge on any atom is -0.339 e. The number of halogens is 2. The van der Waals surface area contributed by atoms with Crippen LogP contribution in [0.2, 0.25) is 5.02 Å². The Labute approximate surface area is 132 Å². The number of hydrogen-bond donors (Lipinski definition) is 1. The van der Waals surface area contributed by atoms with E-state index in [0.29, 0.717) is 0 Å². The Kier molecular flexibility index (Phi) is 5.60. The first kappa shape index (κ1) is 17.4. The number of amides is 1. The molecule has 1 unspecified atom stereocenters. The summed E-state index contributed by atoms with van der Waals surface area (Å²) in [6, 6.07) is 2.68. The molecule has 0 aliphatic carbocycles. The minimum atomic E-state index is -3.97. The van der Waals surface area contributed by atoms with Crippen LogP contribution in [-0.4, -0.2) is 32.3 Å². The smallest absolute Gasteiger partial charge is 0.253 e. The molecule has 112 valence electrons. The fourth-order valence-corrected chi connectivity index (χ4v) is 3.40. The Morgan fingerprint density at radius 3 is 2.50 bits per heavy atom. The fraction of sp³-hybridized carbons (Fsp3) is 0.417. The SMILES string of the molecule is CCC(C)N(C)C(=O)c1cc(Cl)c(Br)c(S(N)(=O)=O)c1. The molecule has 0 saturated carbocycles. The van der Waals surface area contributed by atoms with Crippen LogP contribution in [0.3, 0.4) is 0 Å². The zero-order valence-corrected chi connectivity index (χ0v) is 14.5. The molecule has 1 amide bonds. The van der Waals surface area contributed by atoms with Crippen molar-refractivity contribution in [3.8, 4) is 0 Å². The van der Waals surface area contributed by atoms with Crippen molar-refractivity contribution in [2.45, 2.75) is 31.2 Å². The molecule has 0 heterocycles. The largest absolute Gasteiger partial charge is 0.339 e. The molecule has 1 rings (SSSR count). The van der Waals surface area contributed by atoms with Crippen LogP contribution in [0.4, 0.5) is 0 Å². The maximum atomic E-state index is 12.3. The molecule has 0 fully saturated rings. The third-order valence-corrected chi connectivity index (χ3v) is 5.70. The van der Waals surface area contributed by atoms with Gasteiger partial charge in [0.25, 0.3) is 5.91 Å². The lowest BCUT2D eigenvalue weighted by molar-refractivity contribution is 0.0740. The molecule has 20 heavy (non-hydrogen) atoms. The summed E-state index contributed by atoms with van der Waals surface area (Å²) in [5.41, 5.74) is 0.185. The first-order valence-corrected chi connectivity index (χ1v) is 8.60. The number of nitrogens with zero attached hydrogens (tertiary/aromatic N) is 1. The lowest BCUT2D eigenvalue weighted by Crippen LogP contribution is -2.34. The standard InChI is InChI=1S/C12H16BrClN2O3S/c1-4-7(2)16(3)12(17)8-5-9(14)11(13)10(6-8)20(15,18)19/h5-7H,4H2,1-3H3,(H2,15,18,19). The predicted molar refractivity (Wildman–Crippen MR) is 82.4 cm³/mol. The van der Waals surface area contributed by atoms with Crippen molar-refractivity contribution < 1.29 is 13.2 Å². The molecule has 5 nitrogen and oxygen atoms in total. The van der Waals surface area contributed by atoms with E-state index >= 15 is 0 Å². The summed E-state index contributed by atoms with van der Waals surface area (Å²) < 4.78 is 23.2. The van der Waals surface area contributed by atoms with Gasteiger partial charge in [0, 0.05) is 18.7 Å². The Hall–Kier alpha value is -0.630. The van der Waals surface area contributed by atoms with Gasteiger partial charge in [0.2, 0.25) is 10.0 Å². The van der Waals surface area contributed by atoms with Crippen LogP contribution in [0.5, 0.6) is 0 Å². The third-order valence-electron chi connectivity index (χ3n) is 3.12. The molecule has 0 radical (unpaired) electrons. The highest BCUT2D eigenvalue weighted by Crippen LogP contribution is 2.31. The van der Waals surface area contributed by atoms with Crippen molar-refractivity contribution in [2.24, 2.45) is 5.14 Å². The normalized spacial score (nSPS) is 13.1. The molecule has 0 aliphatic heterocycles. The zero-order chi connectivity index (χ0) is 15.7. The molecule has 8 heteroatoms. The number of sulfonamides is 1. The van der Waals surface area contributed by atoms with E-state index in [9.17, 15) is 13.2 Å². The van der Waals surface area contributed by atoms with E-state index in [1.165, 1.54) is 17.0 Å². The van der Waals surface area contributed by atoms with Crippen molar-refractivity contribution in [3.63, 3.8) is 0 Å². The number of benzene rings is 1. The third kappa shape index (κ3) is 3.72. The fourth-order valence-electron chi connectivity index (χ4n) is 1.57. The van der Waals surface area contributed by atoms with Gasteiger partial charge in [0.15, 0.2) is 0 Å². The van der Waals surface area contributed by atoms with Crippen LogP contribution in [0.1, 0.15) is 30.6 Å². The van der Waals surface area contributed by atoms with Crippen LogP contribution in [0, 0.1) is 0 Å². The molecular weight excluding hydrogens is 368 g/mol. The number of carbonyl (C=O) groups excluding carboxylic acids is 1. The van der Waals surface area contributed by atoms with Gasteiger partial charge in [0.05, 0.1) is 14.4 Å². The first-order chi connectivity index (χ1) is 9.09. The number of rotatable bonds is 4. The van der Waals surface area contributed by atoms with Gasteiger partial charge in [-0.15, -0.1) is 0 Å². The maximum Gasteiger partial charge on any atom is 0.253 e. The van der Waals surface area contributed by atoms with Gasteiger partial charge < -0.3 is 4.90 Å². The monoisotopic (exact) mass is 382 g/mol. The minimum absolute atomic E-state index is 0.0304. The zero-order valence-electron chi connectivity index (χ0n) is 11.4. The number of hydrogen-bond acceptors (Lipinski definition) is 3.